The van der Waals surface area contributed by atoms with E-state index in [1.54, 1.807) is 26.3 Å². The van der Waals surface area contributed by atoms with Gasteiger partial charge in [-0.25, -0.2) is 0 Å². The average molecular weight is 407 g/mol. The van der Waals surface area contributed by atoms with Crippen molar-refractivity contribution in [3.05, 3.63) is 65.5 Å². The summed E-state index contributed by atoms with van der Waals surface area (Å²) in [6.07, 6.45) is -4.40. The standard InChI is InChI=1S/C20H20F3N3O3/c1-26(17(12-27)13-5-9-16(28-2)10-6-13)11-18-24-19(25-29-18)14-3-7-15(8-4-14)20(21,22)23/h3-10,17,27H,11-12H2,1-2H3. The number of aliphatic hydroxyl groups is 1. The molecule has 0 aliphatic heterocycles. The molecule has 1 atom stereocenters. The van der Waals surface area contributed by atoms with Gasteiger partial charge in [-0.2, -0.15) is 18.2 Å². The van der Waals surface area contributed by atoms with Crippen LogP contribution in [0.15, 0.2) is 53.1 Å². The van der Waals surface area contributed by atoms with E-state index < -0.39 is 11.7 Å². The second kappa shape index (κ2) is 8.62. The van der Waals surface area contributed by atoms with Crippen molar-refractivity contribution in [3.8, 4) is 17.1 Å². The van der Waals surface area contributed by atoms with Gasteiger partial charge in [0.2, 0.25) is 11.7 Å². The van der Waals surface area contributed by atoms with Gasteiger partial charge in [-0.05, 0) is 36.9 Å². The van der Waals surface area contributed by atoms with Crippen LogP contribution in [0.3, 0.4) is 0 Å². The highest BCUT2D eigenvalue weighted by atomic mass is 19.4. The summed E-state index contributed by atoms with van der Waals surface area (Å²) >= 11 is 0. The van der Waals surface area contributed by atoms with Gasteiger partial charge in [-0.15, -0.1) is 0 Å². The molecule has 0 aliphatic rings. The first-order valence-corrected chi connectivity index (χ1v) is 8.77. The molecule has 9 heteroatoms. The van der Waals surface area contributed by atoms with Gasteiger partial charge in [0, 0.05) is 5.56 Å². The third-order valence-corrected chi connectivity index (χ3v) is 4.53. The van der Waals surface area contributed by atoms with Crippen LogP contribution in [0.1, 0.15) is 23.1 Å². The molecule has 0 aliphatic carbocycles. The van der Waals surface area contributed by atoms with Crippen molar-refractivity contribution in [3.63, 3.8) is 0 Å². The van der Waals surface area contributed by atoms with Gasteiger partial charge in [0.15, 0.2) is 0 Å². The summed E-state index contributed by atoms with van der Waals surface area (Å²) in [5, 5.41) is 13.6. The van der Waals surface area contributed by atoms with Crippen LogP contribution in [-0.4, -0.2) is 40.9 Å². The van der Waals surface area contributed by atoms with E-state index in [2.05, 4.69) is 10.1 Å². The molecule has 0 saturated carbocycles. The van der Waals surface area contributed by atoms with E-state index >= 15 is 0 Å². The number of hydrogen-bond acceptors (Lipinski definition) is 6. The number of halogens is 3. The number of methoxy groups -OCH3 is 1. The van der Waals surface area contributed by atoms with Crippen LogP contribution in [-0.2, 0) is 12.7 Å². The largest absolute Gasteiger partial charge is 0.497 e. The molecule has 1 N–H and O–H groups in total. The predicted octanol–water partition coefficient (Wildman–Crippen LogP) is 3.93. The van der Waals surface area contributed by atoms with Crippen LogP contribution in [0.4, 0.5) is 13.2 Å². The SMILES string of the molecule is COc1ccc(C(CO)N(C)Cc2nc(-c3ccc(C(F)(F)F)cc3)no2)cc1. The summed E-state index contributed by atoms with van der Waals surface area (Å²) in [7, 11) is 3.38. The zero-order valence-corrected chi connectivity index (χ0v) is 15.8. The summed E-state index contributed by atoms with van der Waals surface area (Å²) in [6.45, 7) is 0.133. The van der Waals surface area contributed by atoms with E-state index in [0.29, 0.717) is 11.3 Å². The smallest absolute Gasteiger partial charge is 0.416 e. The molecule has 29 heavy (non-hydrogen) atoms. The van der Waals surface area contributed by atoms with Crippen molar-refractivity contribution in [2.24, 2.45) is 0 Å². The van der Waals surface area contributed by atoms with Crippen molar-refractivity contribution >= 4 is 0 Å². The maximum Gasteiger partial charge on any atom is 0.416 e. The second-order valence-electron chi connectivity index (χ2n) is 6.47. The molecule has 0 radical (unpaired) electrons. The van der Waals surface area contributed by atoms with Crippen LogP contribution in [0.5, 0.6) is 5.75 Å². The van der Waals surface area contributed by atoms with Crippen molar-refractivity contribution in [1.29, 1.82) is 0 Å². The molecule has 0 amide bonds. The highest BCUT2D eigenvalue weighted by Gasteiger charge is 2.30. The molecule has 0 saturated heterocycles. The summed E-state index contributed by atoms with van der Waals surface area (Å²) < 4.78 is 48.4. The molecule has 3 aromatic rings. The van der Waals surface area contributed by atoms with E-state index in [1.807, 2.05) is 17.0 Å². The lowest BCUT2D eigenvalue weighted by Gasteiger charge is -2.25. The number of hydrogen-bond donors (Lipinski definition) is 1. The monoisotopic (exact) mass is 407 g/mol. The van der Waals surface area contributed by atoms with E-state index in [9.17, 15) is 18.3 Å². The Kier molecular flexibility index (Phi) is 6.19. The highest BCUT2D eigenvalue weighted by molar-refractivity contribution is 5.54. The normalized spacial score (nSPS) is 12.9. The maximum absolute atomic E-state index is 12.7. The average Bonchev–Trinajstić information content (AvgIpc) is 3.17. The first kappa shape index (κ1) is 20.8. The first-order chi connectivity index (χ1) is 13.8. The van der Waals surface area contributed by atoms with Crippen LogP contribution in [0, 0.1) is 0 Å². The predicted molar refractivity (Wildman–Crippen MR) is 99.0 cm³/mol. The fraction of sp³-hybridized carbons (Fsp3) is 0.300. The van der Waals surface area contributed by atoms with Gasteiger partial charge in [0.05, 0.1) is 31.9 Å². The Labute approximate surface area is 165 Å². The lowest BCUT2D eigenvalue weighted by molar-refractivity contribution is -0.137. The lowest BCUT2D eigenvalue weighted by Crippen LogP contribution is -2.27. The number of rotatable bonds is 7. The summed E-state index contributed by atoms with van der Waals surface area (Å²) in [6, 6.07) is 11.6. The summed E-state index contributed by atoms with van der Waals surface area (Å²) in [4.78, 5) is 6.09. The molecular formula is C20H20F3N3O3. The number of likely N-dealkylation sites (N-methyl/N-ethyl adjacent to an activating group) is 1. The topological polar surface area (TPSA) is 71.6 Å². The Morgan fingerprint density at radius 3 is 2.31 bits per heavy atom. The molecule has 0 fully saturated rings. The molecule has 6 nitrogen and oxygen atoms in total. The Morgan fingerprint density at radius 2 is 1.76 bits per heavy atom. The number of nitrogens with zero attached hydrogens (tertiary/aromatic N) is 3. The molecule has 1 aromatic heterocycles. The quantitative estimate of drug-likeness (QED) is 0.640. The summed E-state index contributed by atoms with van der Waals surface area (Å²) in [5.41, 5.74) is 0.567. The Bertz CT molecular complexity index is 925. The highest BCUT2D eigenvalue weighted by Crippen LogP contribution is 2.30. The molecule has 154 valence electrons. The van der Waals surface area contributed by atoms with Crippen molar-refractivity contribution < 1.29 is 27.5 Å². The van der Waals surface area contributed by atoms with E-state index in [0.717, 1.165) is 17.7 Å². The molecule has 2 aromatic carbocycles. The number of ether oxygens (including phenoxy) is 1. The Hall–Kier alpha value is -2.91. The third kappa shape index (κ3) is 4.93. The van der Waals surface area contributed by atoms with Crippen LogP contribution < -0.4 is 4.74 Å². The Morgan fingerprint density at radius 1 is 1.10 bits per heavy atom. The third-order valence-electron chi connectivity index (χ3n) is 4.53. The minimum atomic E-state index is -4.40. The number of alkyl halides is 3. The van der Waals surface area contributed by atoms with Gasteiger partial charge in [0.1, 0.15) is 5.75 Å². The van der Waals surface area contributed by atoms with Crippen molar-refractivity contribution in [2.45, 2.75) is 18.8 Å². The Balaban J connectivity index is 1.71. The fourth-order valence-electron chi connectivity index (χ4n) is 2.89. The minimum absolute atomic E-state index is 0.122. The minimum Gasteiger partial charge on any atom is -0.497 e. The van der Waals surface area contributed by atoms with E-state index in [4.69, 9.17) is 9.26 Å². The first-order valence-electron chi connectivity index (χ1n) is 8.77. The zero-order chi connectivity index (χ0) is 21.0. The van der Waals surface area contributed by atoms with Crippen molar-refractivity contribution in [2.75, 3.05) is 20.8 Å². The second-order valence-corrected chi connectivity index (χ2v) is 6.47. The van der Waals surface area contributed by atoms with Crippen LogP contribution >= 0.6 is 0 Å². The molecular weight excluding hydrogens is 387 g/mol. The molecule has 0 spiro atoms. The van der Waals surface area contributed by atoms with Gasteiger partial charge < -0.3 is 14.4 Å². The van der Waals surface area contributed by atoms with Gasteiger partial charge in [0.25, 0.3) is 0 Å². The summed E-state index contributed by atoms with van der Waals surface area (Å²) in [5.74, 6) is 1.20. The number of benzene rings is 2. The van der Waals surface area contributed by atoms with E-state index in [1.165, 1.54) is 12.1 Å². The van der Waals surface area contributed by atoms with Crippen LogP contribution in [0.25, 0.3) is 11.4 Å². The number of aromatic nitrogens is 2. The van der Waals surface area contributed by atoms with Gasteiger partial charge >= 0.3 is 6.18 Å². The van der Waals surface area contributed by atoms with Gasteiger partial charge in [-0.3, -0.25) is 4.90 Å². The molecule has 0 bridgehead atoms. The van der Waals surface area contributed by atoms with Gasteiger partial charge in [-0.1, -0.05) is 29.4 Å². The van der Waals surface area contributed by atoms with E-state index in [-0.39, 0.29) is 30.9 Å². The molecule has 3 rings (SSSR count). The van der Waals surface area contributed by atoms with Crippen LogP contribution in [0.2, 0.25) is 0 Å². The van der Waals surface area contributed by atoms with Crippen molar-refractivity contribution in [1.82, 2.24) is 15.0 Å². The molecule has 1 unspecified atom stereocenters. The number of aliphatic hydroxyl groups excluding tert-OH is 1. The fourth-order valence-corrected chi connectivity index (χ4v) is 2.89. The zero-order valence-electron chi connectivity index (χ0n) is 15.8. The maximum atomic E-state index is 12.7. The lowest BCUT2D eigenvalue weighted by atomic mass is 10.1. The molecule has 1 heterocycles.